The van der Waals surface area contributed by atoms with Crippen molar-refractivity contribution in [2.45, 2.75) is 12.5 Å². The fraction of sp³-hybridized carbons (Fsp3) is 0.154. The van der Waals surface area contributed by atoms with Crippen molar-refractivity contribution in [2.24, 2.45) is 0 Å². The molecule has 3 nitrogen and oxygen atoms in total. The lowest BCUT2D eigenvalue weighted by molar-refractivity contribution is 0.156. The lowest BCUT2D eigenvalue weighted by atomic mass is 10.2. The molecule has 0 aliphatic rings. The van der Waals surface area contributed by atoms with Crippen molar-refractivity contribution in [1.29, 1.82) is 5.26 Å². The van der Waals surface area contributed by atoms with Crippen molar-refractivity contribution >= 4 is 11.6 Å². The van der Waals surface area contributed by atoms with E-state index in [-0.39, 0.29) is 6.42 Å². The molecule has 0 amide bonds. The van der Waals surface area contributed by atoms with Crippen molar-refractivity contribution in [1.82, 2.24) is 0 Å². The Kier molecular flexibility index (Phi) is 3.48. The van der Waals surface area contributed by atoms with Gasteiger partial charge in [-0.05, 0) is 24.3 Å². The van der Waals surface area contributed by atoms with Crippen LogP contribution in [0.5, 0.6) is 0 Å². The molecule has 0 saturated carbocycles. The van der Waals surface area contributed by atoms with Crippen molar-refractivity contribution < 1.29 is 9.52 Å². The minimum atomic E-state index is -0.882. The standard InChI is InChI=1S/C13H10ClNO2/c14-10-3-1-2-9(8-10)12-4-5-13(17-12)11(16)6-7-15/h1-5,8,11,16H,6H2/t11-/m1/s1. The molecule has 1 N–H and O–H groups in total. The molecule has 1 aromatic carbocycles. The topological polar surface area (TPSA) is 57.2 Å². The van der Waals surface area contributed by atoms with Crippen molar-refractivity contribution in [3.63, 3.8) is 0 Å². The highest BCUT2D eigenvalue weighted by Crippen LogP contribution is 2.27. The Morgan fingerprint density at radius 1 is 1.35 bits per heavy atom. The molecule has 1 atom stereocenters. The van der Waals surface area contributed by atoms with Crippen LogP contribution in [-0.4, -0.2) is 5.11 Å². The average molecular weight is 248 g/mol. The number of rotatable bonds is 3. The number of furan rings is 1. The van der Waals surface area contributed by atoms with Crippen LogP contribution in [0.3, 0.4) is 0 Å². The first-order valence-corrected chi connectivity index (χ1v) is 5.49. The van der Waals surface area contributed by atoms with E-state index in [9.17, 15) is 5.11 Å². The third-order valence-corrected chi connectivity index (χ3v) is 2.58. The fourth-order valence-electron chi connectivity index (χ4n) is 1.52. The second-order valence-electron chi connectivity index (χ2n) is 3.59. The largest absolute Gasteiger partial charge is 0.458 e. The maximum absolute atomic E-state index is 9.59. The third-order valence-electron chi connectivity index (χ3n) is 2.35. The summed E-state index contributed by atoms with van der Waals surface area (Å²) in [5, 5.41) is 18.7. The summed E-state index contributed by atoms with van der Waals surface area (Å²) < 4.78 is 5.48. The van der Waals surface area contributed by atoms with Gasteiger partial charge in [0.05, 0.1) is 12.5 Å². The number of nitriles is 1. The number of aliphatic hydroxyl groups is 1. The Labute approximate surface area is 104 Å². The van der Waals surface area contributed by atoms with E-state index in [1.807, 2.05) is 18.2 Å². The fourth-order valence-corrected chi connectivity index (χ4v) is 1.71. The van der Waals surface area contributed by atoms with Crippen molar-refractivity contribution in [2.75, 3.05) is 0 Å². The Balaban J connectivity index is 2.27. The number of halogens is 1. The lowest BCUT2D eigenvalue weighted by Crippen LogP contribution is -1.92. The van der Waals surface area contributed by atoms with Crippen LogP contribution < -0.4 is 0 Å². The lowest BCUT2D eigenvalue weighted by Gasteiger charge is -2.02. The average Bonchev–Trinajstić information content (AvgIpc) is 2.78. The highest BCUT2D eigenvalue weighted by atomic mass is 35.5. The van der Waals surface area contributed by atoms with Gasteiger partial charge < -0.3 is 9.52 Å². The van der Waals surface area contributed by atoms with Crippen LogP contribution in [-0.2, 0) is 0 Å². The van der Waals surface area contributed by atoms with E-state index >= 15 is 0 Å². The summed E-state index contributed by atoms with van der Waals surface area (Å²) in [4.78, 5) is 0. The zero-order valence-corrected chi connectivity index (χ0v) is 9.69. The minimum absolute atomic E-state index is 0.0164. The number of nitrogens with zero attached hydrogens (tertiary/aromatic N) is 1. The van der Waals surface area contributed by atoms with E-state index in [1.165, 1.54) is 0 Å². The van der Waals surface area contributed by atoms with Gasteiger partial charge in [-0.3, -0.25) is 0 Å². The molecule has 0 aliphatic carbocycles. The number of aliphatic hydroxyl groups excluding tert-OH is 1. The molecule has 0 saturated heterocycles. The van der Waals surface area contributed by atoms with E-state index in [0.717, 1.165) is 5.56 Å². The summed E-state index contributed by atoms with van der Waals surface area (Å²) in [6.45, 7) is 0. The quantitative estimate of drug-likeness (QED) is 0.902. The van der Waals surface area contributed by atoms with Gasteiger partial charge in [-0.2, -0.15) is 5.26 Å². The molecule has 0 bridgehead atoms. The van der Waals surface area contributed by atoms with Gasteiger partial charge in [-0.1, -0.05) is 23.7 Å². The van der Waals surface area contributed by atoms with E-state index in [2.05, 4.69) is 0 Å². The molecule has 0 spiro atoms. The number of hydrogen-bond acceptors (Lipinski definition) is 3. The van der Waals surface area contributed by atoms with Gasteiger partial charge in [0.1, 0.15) is 17.6 Å². The molecule has 0 radical (unpaired) electrons. The van der Waals surface area contributed by atoms with Gasteiger partial charge in [-0.25, -0.2) is 0 Å². The summed E-state index contributed by atoms with van der Waals surface area (Å²) in [6.07, 6.45) is -0.865. The van der Waals surface area contributed by atoms with Crippen LogP contribution in [0.2, 0.25) is 5.02 Å². The zero-order chi connectivity index (χ0) is 12.3. The van der Waals surface area contributed by atoms with Crippen LogP contribution in [0.15, 0.2) is 40.8 Å². The number of hydrogen-bond donors (Lipinski definition) is 1. The van der Waals surface area contributed by atoms with Crippen LogP contribution in [0.1, 0.15) is 18.3 Å². The monoisotopic (exact) mass is 247 g/mol. The van der Waals surface area contributed by atoms with Crippen LogP contribution in [0.4, 0.5) is 0 Å². The number of benzene rings is 1. The molecule has 0 fully saturated rings. The molecule has 2 rings (SSSR count). The molecular weight excluding hydrogens is 238 g/mol. The summed E-state index contributed by atoms with van der Waals surface area (Å²) in [7, 11) is 0. The summed E-state index contributed by atoms with van der Waals surface area (Å²) in [6, 6.07) is 12.6. The van der Waals surface area contributed by atoms with E-state index in [1.54, 1.807) is 24.3 Å². The maximum atomic E-state index is 9.59. The first-order valence-electron chi connectivity index (χ1n) is 5.11. The van der Waals surface area contributed by atoms with Gasteiger partial charge in [0.2, 0.25) is 0 Å². The molecular formula is C13H10ClNO2. The molecule has 86 valence electrons. The van der Waals surface area contributed by atoms with Crippen LogP contribution in [0.25, 0.3) is 11.3 Å². The summed E-state index contributed by atoms with van der Waals surface area (Å²) in [5.74, 6) is 1.01. The van der Waals surface area contributed by atoms with Crippen molar-refractivity contribution in [3.05, 3.63) is 47.2 Å². The van der Waals surface area contributed by atoms with Crippen LogP contribution >= 0.6 is 11.6 Å². The predicted octanol–water partition coefficient (Wildman–Crippen LogP) is 3.55. The minimum Gasteiger partial charge on any atom is -0.458 e. The molecule has 0 aliphatic heterocycles. The Bertz CT molecular complexity index is 557. The summed E-state index contributed by atoms with van der Waals surface area (Å²) >= 11 is 5.88. The Hall–Kier alpha value is -1.76. The highest BCUT2D eigenvalue weighted by molar-refractivity contribution is 6.30. The van der Waals surface area contributed by atoms with Gasteiger partial charge in [-0.15, -0.1) is 0 Å². The first-order chi connectivity index (χ1) is 8.20. The molecule has 2 aromatic rings. The molecule has 0 unspecified atom stereocenters. The highest BCUT2D eigenvalue weighted by Gasteiger charge is 2.12. The zero-order valence-electron chi connectivity index (χ0n) is 8.93. The normalized spacial score (nSPS) is 12.1. The van der Waals surface area contributed by atoms with Gasteiger partial charge >= 0.3 is 0 Å². The van der Waals surface area contributed by atoms with Gasteiger partial charge in [0.15, 0.2) is 0 Å². The maximum Gasteiger partial charge on any atom is 0.134 e. The van der Waals surface area contributed by atoms with E-state index in [0.29, 0.717) is 16.5 Å². The smallest absolute Gasteiger partial charge is 0.134 e. The van der Waals surface area contributed by atoms with Gasteiger partial charge in [0, 0.05) is 10.6 Å². The predicted molar refractivity (Wildman–Crippen MR) is 64.3 cm³/mol. The Morgan fingerprint density at radius 3 is 2.88 bits per heavy atom. The molecule has 4 heteroatoms. The summed E-state index contributed by atoms with van der Waals surface area (Å²) in [5.41, 5.74) is 0.841. The third kappa shape index (κ3) is 2.68. The van der Waals surface area contributed by atoms with E-state index in [4.69, 9.17) is 21.3 Å². The molecule has 17 heavy (non-hydrogen) atoms. The first kappa shape index (κ1) is 11.7. The second-order valence-corrected chi connectivity index (χ2v) is 4.03. The Morgan fingerprint density at radius 2 is 2.18 bits per heavy atom. The van der Waals surface area contributed by atoms with Gasteiger partial charge in [0.25, 0.3) is 0 Å². The van der Waals surface area contributed by atoms with Crippen LogP contribution in [0, 0.1) is 11.3 Å². The second kappa shape index (κ2) is 5.05. The molecule has 1 aromatic heterocycles. The molecule has 1 heterocycles. The van der Waals surface area contributed by atoms with E-state index < -0.39 is 6.10 Å². The van der Waals surface area contributed by atoms with Crippen molar-refractivity contribution in [3.8, 4) is 17.4 Å². The SMILES string of the molecule is N#CC[C@@H](O)c1ccc(-c2cccc(Cl)c2)o1.